The maximum atomic E-state index is 13.1. The van der Waals surface area contributed by atoms with Gasteiger partial charge in [-0.25, -0.2) is 13.1 Å². The van der Waals surface area contributed by atoms with E-state index in [4.69, 9.17) is 0 Å². The zero-order valence-electron chi connectivity index (χ0n) is 18.9. The number of sulfonamides is 1. The largest absolute Gasteiger partial charge is 0.321 e. The first-order valence-electron chi connectivity index (χ1n) is 10.8. The number of piperazine rings is 1. The van der Waals surface area contributed by atoms with Crippen molar-refractivity contribution in [3.8, 4) is 0 Å². The summed E-state index contributed by atoms with van der Waals surface area (Å²) in [5, 5.41) is 7.95. The summed E-state index contributed by atoms with van der Waals surface area (Å²) in [4.78, 5) is 28.0. The molecule has 0 unspecified atom stereocenters. The highest BCUT2D eigenvalue weighted by atomic mass is 32.2. The van der Waals surface area contributed by atoms with Crippen LogP contribution in [0.5, 0.6) is 0 Å². The number of carbonyl (C=O) groups excluding carboxylic acids is 1. The monoisotopic (exact) mass is 469 g/mol. The molecule has 0 bridgehead atoms. The quantitative estimate of drug-likeness (QED) is 0.614. The fourth-order valence-corrected chi connectivity index (χ4v) is 5.22. The van der Waals surface area contributed by atoms with Crippen molar-refractivity contribution in [1.82, 2.24) is 19.0 Å². The maximum Gasteiger partial charge on any atom is 0.276 e. The smallest absolute Gasteiger partial charge is 0.276 e. The fourth-order valence-electron chi connectivity index (χ4n) is 3.80. The third-order valence-electron chi connectivity index (χ3n) is 5.74. The molecule has 0 aliphatic carbocycles. The van der Waals surface area contributed by atoms with E-state index in [0.29, 0.717) is 42.6 Å². The predicted octanol–water partition coefficient (Wildman–Crippen LogP) is 2.17. The van der Waals surface area contributed by atoms with Crippen LogP contribution in [0.15, 0.2) is 58.2 Å². The lowest BCUT2D eigenvalue weighted by atomic mass is 10.1. The number of nitrogens with one attached hydrogen (secondary N) is 1. The van der Waals surface area contributed by atoms with Gasteiger partial charge < -0.3 is 10.2 Å². The van der Waals surface area contributed by atoms with Gasteiger partial charge >= 0.3 is 0 Å². The first kappa shape index (κ1) is 23.1. The number of benzene rings is 2. The Hall–Kier alpha value is -3.08. The summed E-state index contributed by atoms with van der Waals surface area (Å²) >= 11 is 0. The van der Waals surface area contributed by atoms with Crippen LogP contribution in [0.3, 0.4) is 0 Å². The van der Waals surface area contributed by atoms with Crippen molar-refractivity contribution in [2.75, 3.05) is 38.5 Å². The Bertz CT molecular complexity index is 1340. The maximum absolute atomic E-state index is 13.1. The minimum Gasteiger partial charge on any atom is -0.321 e. The third-order valence-corrected chi connectivity index (χ3v) is 7.66. The molecule has 174 valence electrons. The molecule has 4 rings (SSSR count). The second-order valence-electron chi connectivity index (χ2n) is 8.42. The van der Waals surface area contributed by atoms with Crippen LogP contribution < -0.4 is 10.9 Å². The van der Waals surface area contributed by atoms with Crippen molar-refractivity contribution in [3.05, 3.63) is 64.6 Å². The molecule has 9 nitrogen and oxygen atoms in total. The van der Waals surface area contributed by atoms with Crippen molar-refractivity contribution in [2.24, 2.45) is 0 Å². The van der Waals surface area contributed by atoms with Gasteiger partial charge in [-0.05, 0) is 51.2 Å². The van der Waals surface area contributed by atoms with Crippen molar-refractivity contribution >= 4 is 32.4 Å². The summed E-state index contributed by atoms with van der Waals surface area (Å²) in [5.74, 6) is -0.477. The van der Waals surface area contributed by atoms with Crippen molar-refractivity contribution in [1.29, 1.82) is 0 Å². The molecular weight excluding hydrogens is 442 g/mol. The topological polar surface area (TPSA) is 105 Å². The summed E-state index contributed by atoms with van der Waals surface area (Å²) in [6, 6.07) is 12.7. The Labute approximate surface area is 192 Å². The number of nitrogens with zero attached hydrogens (tertiary/aromatic N) is 4. The highest BCUT2D eigenvalue weighted by Crippen LogP contribution is 2.21. The Kier molecular flexibility index (Phi) is 6.33. The molecule has 33 heavy (non-hydrogen) atoms. The van der Waals surface area contributed by atoms with Crippen LogP contribution in [0.2, 0.25) is 0 Å². The number of hydrogen-bond acceptors (Lipinski definition) is 6. The van der Waals surface area contributed by atoms with Gasteiger partial charge in [0.15, 0.2) is 5.69 Å². The van der Waals surface area contributed by atoms with Gasteiger partial charge in [0.2, 0.25) is 10.0 Å². The van der Waals surface area contributed by atoms with Crippen LogP contribution in [-0.4, -0.2) is 66.5 Å². The zero-order valence-corrected chi connectivity index (χ0v) is 19.7. The number of hydrogen-bond donors (Lipinski definition) is 1. The summed E-state index contributed by atoms with van der Waals surface area (Å²) in [7, 11) is -1.62. The number of fused-ring (bicyclic) bond motifs is 1. The van der Waals surface area contributed by atoms with Crippen molar-refractivity contribution in [3.63, 3.8) is 0 Å². The second kappa shape index (κ2) is 9.05. The molecule has 3 aromatic rings. The number of carbonyl (C=O) groups is 1. The number of rotatable bonds is 5. The Balaban J connectivity index is 1.59. The summed E-state index contributed by atoms with van der Waals surface area (Å²) in [6.45, 7) is 5.91. The Morgan fingerprint density at radius 3 is 2.18 bits per heavy atom. The molecule has 0 saturated carbocycles. The normalized spacial score (nSPS) is 15.8. The number of aromatic nitrogens is 2. The van der Waals surface area contributed by atoms with Gasteiger partial charge in [-0.15, -0.1) is 0 Å². The van der Waals surface area contributed by atoms with Gasteiger partial charge in [-0.2, -0.15) is 9.40 Å². The molecule has 1 aliphatic rings. The number of amides is 1. The average molecular weight is 470 g/mol. The average Bonchev–Trinajstić information content (AvgIpc) is 2.80. The molecule has 10 heteroatoms. The van der Waals surface area contributed by atoms with Crippen LogP contribution >= 0.6 is 0 Å². The fraction of sp³-hybridized carbons (Fsp3) is 0.348. The molecule has 1 saturated heterocycles. The van der Waals surface area contributed by atoms with Gasteiger partial charge in [0.25, 0.3) is 11.5 Å². The zero-order chi connectivity index (χ0) is 23.8. The van der Waals surface area contributed by atoms with E-state index < -0.39 is 15.9 Å². The number of anilines is 1. The number of likely N-dealkylation sites (N-methyl/N-ethyl adjacent to an activating group) is 1. The summed E-state index contributed by atoms with van der Waals surface area (Å²) in [5.41, 5.74) is 0.314. The van der Waals surface area contributed by atoms with E-state index in [1.54, 1.807) is 36.4 Å². The van der Waals surface area contributed by atoms with E-state index in [-0.39, 0.29) is 22.2 Å². The van der Waals surface area contributed by atoms with Crippen LogP contribution in [0, 0.1) is 0 Å². The van der Waals surface area contributed by atoms with Crippen LogP contribution in [0.25, 0.3) is 10.8 Å². The van der Waals surface area contributed by atoms with Gasteiger partial charge in [0.05, 0.1) is 16.3 Å². The molecule has 0 radical (unpaired) electrons. The molecule has 1 N–H and O–H groups in total. The molecule has 0 atom stereocenters. The van der Waals surface area contributed by atoms with E-state index in [1.807, 2.05) is 20.9 Å². The molecule has 2 aromatic carbocycles. The van der Waals surface area contributed by atoms with Crippen LogP contribution in [-0.2, 0) is 10.0 Å². The second-order valence-corrected chi connectivity index (χ2v) is 10.4. The summed E-state index contributed by atoms with van der Waals surface area (Å²) < 4.78 is 28.6. The molecule has 1 aliphatic heterocycles. The third kappa shape index (κ3) is 4.54. The molecule has 1 amide bonds. The lowest BCUT2D eigenvalue weighted by Gasteiger charge is -2.31. The van der Waals surface area contributed by atoms with Crippen LogP contribution in [0.1, 0.15) is 30.4 Å². The lowest BCUT2D eigenvalue weighted by Crippen LogP contribution is -2.46. The molecular formula is C23H27N5O4S. The molecule has 0 spiro atoms. The van der Waals surface area contributed by atoms with Gasteiger partial charge in [0.1, 0.15) is 0 Å². The highest BCUT2D eigenvalue weighted by Gasteiger charge is 2.27. The van der Waals surface area contributed by atoms with E-state index >= 15 is 0 Å². The minimum atomic E-state index is -3.59. The Morgan fingerprint density at radius 1 is 0.970 bits per heavy atom. The molecule has 1 aromatic heterocycles. The predicted molar refractivity (Wildman–Crippen MR) is 127 cm³/mol. The van der Waals surface area contributed by atoms with E-state index in [0.717, 1.165) is 0 Å². The Morgan fingerprint density at radius 2 is 1.58 bits per heavy atom. The van der Waals surface area contributed by atoms with Gasteiger partial charge in [-0.1, -0.05) is 18.2 Å². The van der Waals surface area contributed by atoms with E-state index in [2.05, 4.69) is 15.3 Å². The first-order valence-corrected chi connectivity index (χ1v) is 12.2. The lowest BCUT2D eigenvalue weighted by molar-refractivity contribution is 0.102. The van der Waals surface area contributed by atoms with Gasteiger partial charge in [-0.3, -0.25) is 9.59 Å². The van der Waals surface area contributed by atoms with E-state index in [9.17, 15) is 18.0 Å². The summed E-state index contributed by atoms with van der Waals surface area (Å²) in [6.07, 6.45) is 0. The van der Waals surface area contributed by atoms with Crippen LogP contribution in [0.4, 0.5) is 5.69 Å². The minimum absolute atomic E-state index is 0.132. The van der Waals surface area contributed by atoms with Gasteiger partial charge in [0, 0.05) is 37.3 Å². The van der Waals surface area contributed by atoms with Crippen molar-refractivity contribution < 1.29 is 13.2 Å². The standard InChI is InChI=1S/C23H27N5O4S/c1-16(2)28-23(30)20-7-5-4-6-19(20)21(25-28)22(29)24-17-8-10-18(11-9-17)33(31,32)27-14-12-26(3)13-15-27/h4-11,16H,12-15H2,1-3H3,(H,24,29). The highest BCUT2D eigenvalue weighted by molar-refractivity contribution is 7.89. The molecule has 2 heterocycles. The van der Waals surface area contributed by atoms with Crippen molar-refractivity contribution in [2.45, 2.75) is 24.8 Å². The first-order chi connectivity index (χ1) is 15.7. The molecule has 1 fully saturated rings. The SMILES string of the molecule is CC(C)n1nc(C(=O)Nc2ccc(S(=O)(=O)N3CCN(C)CC3)cc2)c2ccccc2c1=O. The van der Waals surface area contributed by atoms with E-state index in [1.165, 1.54) is 21.1 Å².